The molecule has 6 heteroatoms. The number of hydrogen-bond donors (Lipinski definition) is 0. The highest BCUT2D eigenvalue weighted by Crippen LogP contribution is 2.64. The van der Waals surface area contributed by atoms with E-state index < -0.39 is 5.41 Å². The summed E-state index contributed by atoms with van der Waals surface area (Å²) in [5.74, 6) is 3.81. The molecule has 0 amide bonds. The first-order valence-electron chi connectivity index (χ1n) is 27.7. The highest BCUT2D eigenvalue weighted by Gasteiger charge is 2.52. The Labute approximate surface area is 469 Å². The zero-order valence-corrected chi connectivity index (χ0v) is 43.7. The van der Waals surface area contributed by atoms with Gasteiger partial charge < -0.3 is 0 Å². The van der Waals surface area contributed by atoms with Crippen LogP contribution in [0.4, 0.5) is 0 Å². The van der Waals surface area contributed by atoms with Crippen LogP contribution in [0.2, 0.25) is 0 Å². The minimum Gasteiger partial charge on any atom is -0.208 e. The van der Waals surface area contributed by atoms with E-state index in [0.29, 0.717) is 34.9 Å². The smallest absolute Gasteiger partial charge is 0.164 e. The van der Waals surface area contributed by atoms with E-state index in [1.165, 1.54) is 83.5 Å². The SMILES string of the molecule is c1ccc(-c2nc(-c3ccccc3)nc(-c3ccc4c(c3)C3c5ccccc5C4c4cc(-c5nc(-c6ccccc6)nc(-c6cccc(-c7cccc8c7C7(c9ccccc9-c9ccccc97)c7ccccc7-8)c6)n5)ccc43)n2)cc1. The van der Waals surface area contributed by atoms with Crippen LogP contribution in [-0.2, 0) is 5.41 Å². The van der Waals surface area contributed by atoms with Gasteiger partial charge in [-0.2, -0.15) is 0 Å². The molecular formula is C75H46N6. The van der Waals surface area contributed by atoms with Crippen LogP contribution in [0.1, 0.15) is 67.5 Å². The van der Waals surface area contributed by atoms with Crippen molar-refractivity contribution in [3.8, 4) is 102 Å². The predicted molar refractivity (Wildman–Crippen MR) is 322 cm³/mol. The topological polar surface area (TPSA) is 77.3 Å². The summed E-state index contributed by atoms with van der Waals surface area (Å²) < 4.78 is 0. The summed E-state index contributed by atoms with van der Waals surface area (Å²) >= 11 is 0. The Morgan fingerprint density at radius 2 is 0.519 bits per heavy atom. The van der Waals surface area contributed by atoms with Crippen molar-refractivity contribution in [3.63, 3.8) is 0 Å². The molecule has 2 unspecified atom stereocenters. The monoisotopic (exact) mass is 1030 g/mol. The average Bonchev–Trinajstić information content (AvgIpc) is 4.28. The molecule has 2 heterocycles. The molecule has 0 fully saturated rings. The zero-order valence-electron chi connectivity index (χ0n) is 43.7. The van der Waals surface area contributed by atoms with Crippen molar-refractivity contribution in [2.45, 2.75) is 17.3 Å². The highest BCUT2D eigenvalue weighted by molar-refractivity contribution is 5.99. The summed E-state index contributed by atoms with van der Waals surface area (Å²) in [5.41, 5.74) is 25.6. The molecule has 5 aliphatic rings. The molecule has 18 rings (SSSR count). The Hall–Kier alpha value is -10.6. The van der Waals surface area contributed by atoms with E-state index in [1.54, 1.807) is 0 Å². The van der Waals surface area contributed by atoms with Crippen LogP contribution in [0, 0.1) is 0 Å². The minimum absolute atomic E-state index is 0.00308. The van der Waals surface area contributed by atoms with Crippen LogP contribution in [0.25, 0.3) is 102 Å². The molecule has 0 aliphatic heterocycles. The van der Waals surface area contributed by atoms with E-state index in [2.05, 4.69) is 212 Å². The quantitative estimate of drug-likeness (QED) is 0.158. The van der Waals surface area contributed by atoms with Crippen molar-refractivity contribution in [2.75, 3.05) is 0 Å². The number of nitrogens with zero attached hydrogens (tertiary/aromatic N) is 6. The van der Waals surface area contributed by atoms with Gasteiger partial charge in [0, 0.05) is 45.2 Å². The van der Waals surface area contributed by atoms with Crippen molar-refractivity contribution in [2.24, 2.45) is 0 Å². The van der Waals surface area contributed by atoms with Gasteiger partial charge in [0.05, 0.1) is 5.41 Å². The van der Waals surface area contributed by atoms with Crippen molar-refractivity contribution in [3.05, 3.63) is 323 Å². The van der Waals surface area contributed by atoms with Gasteiger partial charge in [-0.25, -0.2) is 29.9 Å². The average molecular weight is 1030 g/mol. The molecule has 0 saturated heterocycles. The van der Waals surface area contributed by atoms with Crippen LogP contribution < -0.4 is 0 Å². The summed E-state index contributed by atoms with van der Waals surface area (Å²) in [5, 5.41) is 0. The third-order valence-electron chi connectivity index (χ3n) is 17.4. The van der Waals surface area contributed by atoms with E-state index in [1.807, 2.05) is 54.6 Å². The molecule has 376 valence electrons. The maximum absolute atomic E-state index is 5.43. The molecule has 81 heavy (non-hydrogen) atoms. The Morgan fingerprint density at radius 1 is 0.210 bits per heavy atom. The number of benzene rings is 11. The Balaban J connectivity index is 0.791. The number of fused-ring (bicyclic) bond motifs is 10. The molecule has 0 N–H and O–H groups in total. The highest BCUT2D eigenvalue weighted by atomic mass is 15.0. The number of aromatic nitrogens is 6. The van der Waals surface area contributed by atoms with Crippen molar-refractivity contribution in [1.29, 1.82) is 0 Å². The van der Waals surface area contributed by atoms with Crippen molar-refractivity contribution in [1.82, 2.24) is 29.9 Å². The van der Waals surface area contributed by atoms with Gasteiger partial charge in [-0.1, -0.05) is 249 Å². The first kappa shape index (κ1) is 45.5. The maximum atomic E-state index is 5.43. The summed E-state index contributed by atoms with van der Waals surface area (Å²) in [4.78, 5) is 31.3. The van der Waals surface area contributed by atoms with Gasteiger partial charge in [0.1, 0.15) is 0 Å². The summed E-state index contributed by atoms with van der Waals surface area (Å²) in [7, 11) is 0. The van der Waals surface area contributed by atoms with Gasteiger partial charge in [0.2, 0.25) is 0 Å². The lowest BCUT2D eigenvalue weighted by Crippen LogP contribution is -2.27. The fraction of sp³-hybridized carbons (Fsp3) is 0.0400. The minimum atomic E-state index is -0.491. The summed E-state index contributed by atoms with van der Waals surface area (Å²) in [6, 6.07) is 95.9. The van der Waals surface area contributed by atoms with Gasteiger partial charge in [0.15, 0.2) is 34.9 Å². The Morgan fingerprint density at radius 3 is 0.975 bits per heavy atom. The lowest BCUT2D eigenvalue weighted by Gasteiger charge is -2.42. The predicted octanol–water partition coefficient (Wildman–Crippen LogP) is 17.1. The molecule has 1 spiro atoms. The summed E-state index contributed by atoms with van der Waals surface area (Å²) in [6.07, 6.45) is 0. The largest absolute Gasteiger partial charge is 0.208 e. The van der Waals surface area contributed by atoms with Crippen molar-refractivity contribution >= 4 is 0 Å². The molecule has 11 aromatic carbocycles. The normalized spacial score (nSPS) is 15.0. The van der Waals surface area contributed by atoms with Gasteiger partial charge in [0.25, 0.3) is 0 Å². The third-order valence-corrected chi connectivity index (χ3v) is 17.4. The number of hydrogen-bond acceptors (Lipinski definition) is 6. The van der Waals surface area contributed by atoms with Crippen molar-refractivity contribution < 1.29 is 0 Å². The van der Waals surface area contributed by atoms with Gasteiger partial charge >= 0.3 is 0 Å². The third kappa shape index (κ3) is 6.80. The number of rotatable bonds is 7. The fourth-order valence-electron chi connectivity index (χ4n) is 14.0. The lowest BCUT2D eigenvalue weighted by molar-refractivity contribution is 0.754. The van der Waals surface area contributed by atoms with E-state index in [-0.39, 0.29) is 11.8 Å². The summed E-state index contributed by atoms with van der Waals surface area (Å²) in [6.45, 7) is 0. The van der Waals surface area contributed by atoms with Crippen LogP contribution in [0.15, 0.2) is 267 Å². The molecule has 0 radical (unpaired) electrons. The molecule has 2 bridgehead atoms. The van der Waals surface area contributed by atoms with E-state index in [4.69, 9.17) is 29.9 Å². The second-order valence-electron chi connectivity index (χ2n) is 21.6. The van der Waals surface area contributed by atoms with Crippen LogP contribution in [-0.4, -0.2) is 29.9 Å². The second-order valence-corrected chi connectivity index (χ2v) is 21.6. The van der Waals surface area contributed by atoms with E-state index in [9.17, 15) is 0 Å². The standard InChI is InChI=1S/C75H46N6/c1-4-20-45(21-5-1)69-76-70(46-22-6-2-7-23-46)79-73(78-69)50-38-40-58-61(43-50)66-56-31-10-11-32-57(56)67(58)62-44-51(39-41-59(62)66)74-80-71(47-24-8-3-9-25-47)77-72(81-74)49-27-18-26-48(42-49)52-33-19-34-60-55-30-14-17-37-65(55)75(68(52)60)63-35-15-12-28-53(63)54-29-13-16-36-64(54)75/h1-44,66-67H. The van der Waals surface area contributed by atoms with Crippen LogP contribution >= 0.6 is 0 Å². The van der Waals surface area contributed by atoms with Crippen LogP contribution in [0.3, 0.4) is 0 Å². The molecule has 6 nitrogen and oxygen atoms in total. The molecule has 2 atom stereocenters. The van der Waals surface area contributed by atoms with E-state index in [0.717, 1.165) is 38.9 Å². The van der Waals surface area contributed by atoms with Crippen LogP contribution in [0.5, 0.6) is 0 Å². The van der Waals surface area contributed by atoms with Gasteiger partial charge in [-0.05, 0) is 107 Å². The fourth-order valence-corrected chi connectivity index (χ4v) is 14.0. The maximum Gasteiger partial charge on any atom is 0.164 e. The lowest BCUT2D eigenvalue weighted by atomic mass is 9.61. The first-order chi connectivity index (χ1) is 40.2. The van der Waals surface area contributed by atoms with E-state index >= 15 is 0 Å². The van der Waals surface area contributed by atoms with Gasteiger partial charge in [-0.15, -0.1) is 0 Å². The molecule has 2 aromatic heterocycles. The molecule has 0 saturated carbocycles. The zero-order chi connectivity index (χ0) is 53.2. The molecular weight excluding hydrogens is 985 g/mol. The molecule has 13 aromatic rings. The molecule has 5 aliphatic carbocycles. The Kier molecular flexibility index (Phi) is 9.95. The first-order valence-corrected chi connectivity index (χ1v) is 27.7. The second kappa shape index (κ2) is 17.7. The Bertz CT molecular complexity index is 4600. The van der Waals surface area contributed by atoms with Gasteiger partial charge in [-0.3, -0.25) is 0 Å².